The summed E-state index contributed by atoms with van der Waals surface area (Å²) >= 11 is 1.64. The van der Waals surface area contributed by atoms with Crippen LogP contribution in [-0.4, -0.2) is 36.5 Å². The standard InChI is InChI=1S/C17H19N5OS/c1-12-18-19-16(24-12)11-21-7-8-22-14(10-21)9-15(20-22)17(23)13-5-3-2-4-6-13/h2-6,9,17,23H,7-8,10-11H2,1H3/t17-/m1/s1. The highest BCUT2D eigenvalue weighted by Gasteiger charge is 2.22. The van der Waals surface area contributed by atoms with Gasteiger partial charge in [-0.05, 0) is 18.6 Å². The minimum Gasteiger partial charge on any atom is -0.382 e. The predicted molar refractivity (Wildman–Crippen MR) is 91.5 cm³/mol. The normalized spacial score (nSPS) is 16.1. The molecule has 1 aromatic carbocycles. The van der Waals surface area contributed by atoms with Crippen molar-refractivity contribution < 1.29 is 5.11 Å². The molecule has 0 unspecified atom stereocenters. The molecule has 0 fully saturated rings. The van der Waals surface area contributed by atoms with E-state index in [4.69, 9.17) is 0 Å². The second-order valence-electron chi connectivity index (χ2n) is 6.02. The summed E-state index contributed by atoms with van der Waals surface area (Å²) in [6.45, 7) is 5.35. The molecule has 0 aliphatic carbocycles. The molecule has 0 saturated heterocycles. The first-order valence-corrected chi connectivity index (χ1v) is 8.81. The Morgan fingerprint density at radius 1 is 1.21 bits per heavy atom. The summed E-state index contributed by atoms with van der Waals surface area (Å²) in [4.78, 5) is 2.34. The number of aliphatic hydroxyl groups excluding tert-OH is 1. The number of nitrogens with zero attached hydrogens (tertiary/aromatic N) is 5. The van der Waals surface area contributed by atoms with Gasteiger partial charge in [-0.1, -0.05) is 30.3 Å². The Morgan fingerprint density at radius 3 is 2.79 bits per heavy atom. The highest BCUT2D eigenvalue weighted by atomic mass is 32.1. The number of aliphatic hydroxyl groups is 1. The van der Waals surface area contributed by atoms with Crippen molar-refractivity contribution in [3.63, 3.8) is 0 Å². The molecule has 3 heterocycles. The summed E-state index contributed by atoms with van der Waals surface area (Å²) in [6, 6.07) is 11.7. The fourth-order valence-electron chi connectivity index (χ4n) is 3.01. The van der Waals surface area contributed by atoms with Crippen LogP contribution in [0.15, 0.2) is 36.4 Å². The average Bonchev–Trinajstić information content (AvgIpc) is 3.20. The smallest absolute Gasteiger partial charge is 0.131 e. The molecule has 6 nitrogen and oxygen atoms in total. The van der Waals surface area contributed by atoms with Gasteiger partial charge in [0.15, 0.2) is 0 Å². The summed E-state index contributed by atoms with van der Waals surface area (Å²) in [7, 11) is 0. The predicted octanol–water partition coefficient (Wildman–Crippen LogP) is 2.14. The highest BCUT2D eigenvalue weighted by Crippen LogP contribution is 2.24. The number of aromatic nitrogens is 4. The SMILES string of the molecule is Cc1nnc(CN2CCn3nc([C@H](O)c4ccccc4)cc3C2)s1. The number of aryl methyl sites for hydroxylation is 1. The molecule has 2 aromatic heterocycles. The van der Waals surface area contributed by atoms with Crippen LogP contribution in [0.3, 0.4) is 0 Å². The number of hydrogen-bond acceptors (Lipinski definition) is 6. The molecule has 0 radical (unpaired) electrons. The summed E-state index contributed by atoms with van der Waals surface area (Å²) in [5.74, 6) is 0. The van der Waals surface area contributed by atoms with Gasteiger partial charge in [-0.25, -0.2) is 0 Å². The van der Waals surface area contributed by atoms with Crippen molar-refractivity contribution in [3.8, 4) is 0 Å². The van der Waals surface area contributed by atoms with Crippen LogP contribution in [0.25, 0.3) is 0 Å². The van der Waals surface area contributed by atoms with E-state index < -0.39 is 6.10 Å². The molecule has 3 aromatic rings. The lowest BCUT2D eigenvalue weighted by Gasteiger charge is -2.26. The molecule has 1 aliphatic rings. The van der Waals surface area contributed by atoms with E-state index >= 15 is 0 Å². The maximum atomic E-state index is 10.5. The van der Waals surface area contributed by atoms with Crippen molar-refractivity contribution in [3.05, 3.63) is 63.4 Å². The Balaban J connectivity index is 1.49. The molecule has 1 N–H and O–H groups in total. The van der Waals surface area contributed by atoms with E-state index in [-0.39, 0.29) is 0 Å². The third-order valence-electron chi connectivity index (χ3n) is 4.22. The monoisotopic (exact) mass is 341 g/mol. The van der Waals surface area contributed by atoms with Gasteiger partial charge >= 0.3 is 0 Å². The van der Waals surface area contributed by atoms with Crippen LogP contribution in [0, 0.1) is 6.92 Å². The van der Waals surface area contributed by atoms with Gasteiger partial charge in [0, 0.05) is 13.1 Å². The van der Waals surface area contributed by atoms with Gasteiger partial charge < -0.3 is 5.11 Å². The van der Waals surface area contributed by atoms with Gasteiger partial charge in [0.25, 0.3) is 0 Å². The van der Waals surface area contributed by atoms with Crippen LogP contribution in [0.5, 0.6) is 0 Å². The zero-order chi connectivity index (χ0) is 16.5. The molecule has 0 bridgehead atoms. The third kappa shape index (κ3) is 3.10. The van der Waals surface area contributed by atoms with Crippen LogP contribution < -0.4 is 0 Å². The lowest BCUT2D eigenvalue weighted by atomic mass is 10.1. The van der Waals surface area contributed by atoms with Crippen molar-refractivity contribution in [1.29, 1.82) is 0 Å². The number of rotatable bonds is 4. The second kappa shape index (κ2) is 6.43. The van der Waals surface area contributed by atoms with Crippen LogP contribution in [0.2, 0.25) is 0 Å². The lowest BCUT2D eigenvalue weighted by Crippen LogP contribution is -2.33. The Kier molecular flexibility index (Phi) is 4.13. The van der Waals surface area contributed by atoms with E-state index in [9.17, 15) is 5.11 Å². The zero-order valence-electron chi connectivity index (χ0n) is 13.5. The van der Waals surface area contributed by atoms with Crippen molar-refractivity contribution in [2.45, 2.75) is 32.7 Å². The summed E-state index contributed by atoms with van der Waals surface area (Å²) < 4.78 is 2.00. The molecule has 4 rings (SSSR count). The maximum absolute atomic E-state index is 10.5. The largest absolute Gasteiger partial charge is 0.382 e. The van der Waals surface area contributed by atoms with Gasteiger partial charge in [-0.2, -0.15) is 5.10 Å². The number of fused-ring (bicyclic) bond motifs is 1. The minimum atomic E-state index is -0.677. The number of benzene rings is 1. The molecule has 0 spiro atoms. The van der Waals surface area contributed by atoms with Crippen LogP contribution in [0.4, 0.5) is 0 Å². The quantitative estimate of drug-likeness (QED) is 0.787. The molecule has 0 saturated carbocycles. The lowest BCUT2D eigenvalue weighted by molar-refractivity contribution is 0.200. The van der Waals surface area contributed by atoms with Gasteiger partial charge in [-0.3, -0.25) is 9.58 Å². The first kappa shape index (κ1) is 15.4. The fourth-order valence-corrected chi connectivity index (χ4v) is 3.76. The summed E-state index contributed by atoms with van der Waals surface area (Å²) in [6.07, 6.45) is -0.677. The Hall–Kier alpha value is -2.09. The van der Waals surface area contributed by atoms with Crippen molar-refractivity contribution in [2.75, 3.05) is 6.54 Å². The molecular weight excluding hydrogens is 322 g/mol. The third-order valence-corrected chi connectivity index (χ3v) is 5.04. The molecule has 1 atom stereocenters. The maximum Gasteiger partial charge on any atom is 0.131 e. The van der Waals surface area contributed by atoms with Crippen molar-refractivity contribution >= 4 is 11.3 Å². The Labute approximate surface area is 144 Å². The zero-order valence-corrected chi connectivity index (χ0v) is 14.3. The van der Waals surface area contributed by atoms with Crippen LogP contribution >= 0.6 is 11.3 Å². The molecular formula is C17H19N5OS. The van der Waals surface area contributed by atoms with E-state index in [0.29, 0.717) is 5.69 Å². The van der Waals surface area contributed by atoms with E-state index in [1.165, 1.54) is 0 Å². The van der Waals surface area contributed by atoms with Crippen molar-refractivity contribution in [1.82, 2.24) is 24.9 Å². The van der Waals surface area contributed by atoms with Gasteiger partial charge in [-0.15, -0.1) is 21.5 Å². The molecule has 24 heavy (non-hydrogen) atoms. The van der Waals surface area contributed by atoms with E-state index in [1.54, 1.807) is 11.3 Å². The average molecular weight is 341 g/mol. The van der Waals surface area contributed by atoms with E-state index in [0.717, 1.165) is 47.5 Å². The van der Waals surface area contributed by atoms with Crippen LogP contribution in [0.1, 0.15) is 33.1 Å². The highest BCUT2D eigenvalue weighted by molar-refractivity contribution is 7.11. The van der Waals surface area contributed by atoms with Gasteiger partial charge in [0.1, 0.15) is 16.1 Å². The molecule has 7 heteroatoms. The molecule has 0 amide bonds. The van der Waals surface area contributed by atoms with Gasteiger partial charge in [0.05, 0.1) is 24.5 Å². The van der Waals surface area contributed by atoms with E-state index in [2.05, 4.69) is 20.2 Å². The minimum absolute atomic E-state index is 0.677. The number of hydrogen-bond donors (Lipinski definition) is 1. The van der Waals surface area contributed by atoms with Gasteiger partial charge in [0.2, 0.25) is 0 Å². The Morgan fingerprint density at radius 2 is 2.04 bits per heavy atom. The fraction of sp³-hybridized carbons (Fsp3) is 0.353. The van der Waals surface area contributed by atoms with E-state index in [1.807, 2.05) is 48.0 Å². The summed E-state index contributed by atoms with van der Waals surface area (Å²) in [5.41, 5.74) is 2.71. The first-order valence-electron chi connectivity index (χ1n) is 8.00. The van der Waals surface area contributed by atoms with Crippen molar-refractivity contribution in [2.24, 2.45) is 0 Å². The molecule has 1 aliphatic heterocycles. The second-order valence-corrected chi connectivity index (χ2v) is 7.29. The summed E-state index contributed by atoms with van der Waals surface area (Å²) in [5, 5.41) is 25.5. The topological polar surface area (TPSA) is 67.1 Å². The Bertz CT molecular complexity index is 829. The van der Waals surface area contributed by atoms with Crippen LogP contribution in [-0.2, 0) is 19.6 Å². The first-order chi connectivity index (χ1) is 11.7. The molecule has 124 valence electrons.